The highest BCUT2D eigenvalue weighted by atomic mass is 14.7. The van der Waals surface area contributed by atoms with Crippen molar-refractivity contribution < 1.29 is 0 Å². The van der Waals surface area contributed by atoms with E-state index in [1.54, 1.807) is 5.57 Å². The van der Waals surface area contributed by atoms with Crippen molar-refractivity contribution in [2.24, 2.45) is 22.2 Å². The third-order valence-corrected chi connectivity index (χ3v) is 6.48. The van der Waals surface area contributed by atoms with Gasteiger partial charge in [-0.15, -0.1) is 0 Å². The van der Waals surface area contributed by atoms with Crippen LogP contribution in [0.2, 0.25) is 0 Å². The molecule has 0 nitrogen and oxygen atoms in total. The van der Waals surface area contributed by atoms with Crippen molar-refractivity contribution in [3.8, 4) is 0 Å². The molecule has 0 radical (unpaired) electrons. The maximum Gasteiger partial charge on any atom is -0.00311 e. The Morgan fingerprint density at radius 1 is 1.13 bits per heavy atom. The molecule has 3 atom stereocenters. The Bertz CT molecular complexity index is 325. The van der Waals surface area contributed by atoms with E-state index in [-0.39, 0.29) is 0 Å². The minimum Gasteiger partial charge on any atom is -0.0987 e. The first-order chi connectivity index (χ1) is 6.92. The maximum absolute atomic E-state index is 4.54. The zero-order valence-electron chi connectivity index (χ0n) is 10.5. The summed E-state index contributed by atoms with van der Waals surface area (Å²) >= 11 is 0. The van der Waals surface area contributed by atoms with Crippen molar-refractivity contribution in [3.63, 3.8) is 0 Å². The standard InChI is InChI=1S/C15H24/c1-11-14(4)8-5-7-13(2,3)15(11)9-6-12(14)10-15/h12H,1,5-10H2,2-4H3. The summed E-state index contributed by atoms with van der Waals surface area (Å²) in [7, 11) is 0. The first-order valence-corrected chi connectivity index (χ1v) is 6.62. The lowest BCUT2D eigenvalue weighted by atomic mass is 9.58. The van der Waals surface area contributed by atoms with Crippen molar-refractivity contribution in [1.29, 1.82) is 0 Å². The van der Waals surface area contributed by atoms with Gasteiger partial charge in [0, 0.05) is 0 Å². The molecule has 3 saturated carbocycles. The normalized spacial score (nSPS) is 51.9. The number of hydrogen-bond donors (Lipinski definition) is 0. The van der Waals surface area contributed by atoms with Gasteiger partial charge in [-0.3, -0.25) is 0 Å². The van der Waals surface area contributed by atoms with Crippen LogP contribution in [-0.4, -0.2) is 0 Å². The third-order valence-electron chi connectivity index (χ3n) is 6.48. The average molecular weight is 204 g/mol. The van der Waals surface area contributed by atoms with E-state index in [1.807, 2.05) is 0 Å². The average Bonchev–Trinajstić information content (AvgIpc) is 2.66. The highest BCUT2D eigenvalue weighted by molar-refractivity contribution is 5.34. The van der Waals surface area contributed by atoms with Gasteiger partial charge in [-0.05, 0) is 54.3 Å². The molecule has 3 aliphatic rings. The summed E-state index contributed by atoms with van der Waals surface area (Å²) in [5, 5.41) is 0. The fraction of sp³-hybridized carbons (Fsp3) is 0.867. The van der Waals surface area contributed by atoms with Crippen LogP contribution in [0.1, 0.15) is 59.3 Å². The first kappa shape index (κ1) is 9.93. The summed E-state index contributed by atoms with van der Waals surface area (Å²) in [6.07, 6.45) is 8.59. The van der Waals surface area contributed by atoms with Gasteiger partial charge in [0.25, 0.3) is 0 Å². The van der Waals surface area contributed by atoms with Crippen LogP contribution in [0.4, 0.5) is 0 Å². The molecular weight excluding hydrogens is 180 g/mol. The molecule has 84 valence electrons. The van der Waals surface area contributed by atoms with E-state index < -0.39 is 0 Å². The zero-order valence-corrected chi connectivity index (χ0v) is 10.5. The van der Waals surface area contributed by atoms with Gasteiger partial charge in [0.1, 0.15) is 0 Å². The molecule has 15 heavy (non-hydrogen) atoms. The van der Waals surface area contributed by atoms with Gasteiger partial charge in [-0.25, -0.2) is 0 Å². The fourth-order valence-electron chi connectivity index (χ4n) is 5.17. The fourth-order valence-corrected chi connectivity index (χ4v) is 5.17. The first-order valence-electron chi connectivity index (χ1n) is 6.62. The summed E-state index contributed by atoms with van der Waals surface area (Å²) < 4.78 is 0. The van der Waals surface area contributed by atoms with Crippen LogP contribution < -0.4 is 0 Å². The second kappa shape index (κ2) is 2.52. The van der Waals surface area contributed by atoms with Crippen LogP contribution in [-0.2, 0) is 0 Å². The Morgan fingerprint density at radius 2 is 1.87 bits per heavy atom. The second-order valence-corrected chi connectivity index (χ2v) is 7.16. The Hall–Kier alpha value is -0.260. The monoisotopic (exact) mass is 204 g/mol. The summed E-state index contributed by atoms with van der Waals surface area (Å²) in [4.78, 5) is 0. The van der Waals surface area contributed by atoms with Gasteiger partial charge in [0.05, 0.1) is 0 Å². The van der Waals surface area contributed by atoms with E-state index in [9.17, 15) is 0 Å². The van der Waals surface area contributed by atoms with Crippen LogP contribution >= 0.6 is 0 Å². The molecule has 3 fully saturated rings. The van der Waals surface area contributed by atoms with Crippen molar-refractivity contribution in [3.05, 3.63) is 12.2 Å². The number of fused-ring (bicyclic) bond motifs is 3. The molecule has 0 aromatic heterocycles. The molecule has 0 heterocycles. The van der Waals surface area contributed by atoms with Crippen molar-refractivity contribution in [1.82, 2.24) is 0 Å². The van der Waals surface area contributed by atoms with Gasteiger partial charge < -0.3 is 0 Å². The van der Waals surface area contributed by atoms with Gasteiger partial charge in [0.15, 0.2) is 0 Å². The topological polar surface area (TPSA) is 0 Å². The van der Waals surface area contributed by atoms with E-state index in [1.165, 1.54) is 38.5 Å². The second-order valence-electron chi connectivity index (χ2n) is 7.16. The lowest BCUT2D eigenvalue weighted by Gasteiger charge is -2.46. The van der Waals surface area contributed by atoms with Crippen molar-refractivity contribution >= 4 is 0 Å². The van der Waals surface area contributed by atoms with E-state index >= 15 is 0 Å². The van der Waals surface area contributed by atoms with Gasteiger partial charge in [0.2, 0.25) is 0 Å². The van der Waals surface area contributed by atoms with E-state index in [0.29, 0.717) is 16.2 Å². The minimum atomic E-state index is 0.506. The molecule has 0 aromatic rings. The van der Waals surface area contributed by atoms with Gasteiger partial charge in [-0.1, -0.05) is 39.3 Å². The Morgan fingerprint density at radius 3 is 2.60 bits per heavy atom. The molecule has 0 aliphatic heterocycles. The number of rotatable bonds is 0. The smallest absolute Gasteiger partial charge is 0.00311 e. The Balaban J connectivity index is 2.17. The van der Waals surface area contributed by atoms with Gasteiger partial charge >= 0.3 is 0 Å². The summed E-state index contributed by atoms with van der Waals surface area (Å²) in [6, 6.07) is 0. The lowest BCUT2D eigenvalue weighted by molar-refractivity contribution is 0.115. The Kier molecular flexibility index (Phi) is 1.67. The third kappa shape index (κ3) is 0.905. The van der Waals surface area contributed by atoms with Crippen LogP contribution in [0.3, 0.4) is 0 Å². The van der Waals surface area contributed by atoms with Crippen LogP contribution in [0.5, 0.6) is 0 Å². The lowest BCUT2D eigenvalue weighted by Crippen LogP contribution is -2.37. The number of hydrogen-bond acceptors (Lipinski definition) is 0. The van der Waals surface area contributed by atoms with Gasteiger partial charge in [-0.2, -0.15) is 0 Å². The van der Waals surface area contributed by atoms with E-state index in [0.717, 1.165) is 5.92 Å². The maximum atomic E-state index is 4.54. The Labute approximate surface area is 94.1 Å². The SMILES string of the molecule is C=C1C2(C)CCCC(C)(C)C13CCC2C3. The van der Waals surface area contributed by atoms with Crippen LogP contribution in [0.15, 0.2) is 12.2 Å². The summed E-state index contributed by atoms with van der Waals surface area (Å²) in [5.41, 5.74) is 3.16. The van der Waals surface area contributed by atoms with Crippen molar-refractivity contribution in [2.75, 3.05) is 0 Å². The molecule has 3 aliphatic carbocycles. The van der Waals surface area contributed by atoms with E-state index in [4.69, 9.17) is 0 Å². The molecule has 3 unspecified atom stereocenters. The van der Waals surface area contributed by atoms with Crippen molar-refractivity contribution in [2.45, 2.75) is 59.3 Å². The summed E-state index contributed by atoms with van der Waals surface area (Å²) in [6.45, 7) is 12.0. The quantitative estimate of drug-likeness (QED) is 0.507. The number of allylic oxidation sites excluding steroid dienone is 1. The highest BCUT2D eigenvalue weighted by Gasteiger charge is 2.65. The van der Waals surface area contributed by atoms with E-state index in [2.05, 4.69) is 27.4 Å². The van der Waals surface area contributed by atoms with Crippen LogP contribution in [0, 0.1) is 22.2 Å². The molecule has 0 heteroatoms. The predicted molar refractivity (Wildman–Crippen MR) is 64.7 cm³/mol. The molecule has 0 saturated heterocycles. The molecule has 0 aromatic carbocycles. The molecule has 3 rings (SSSR count). The minimum absolute atomic E-state index is 0.506. The predicted octanol–water partition coefficient (Wildman–Crippen LogP) is 4.56. The molecule has 0 amide bonds. The zero-order chi connectivity index (χ0) is 10.9. The molecule has 3 bridgehead atoms. The molecule has 0 N–H and O–H groups in total. The molecule has 1 spiro atoms. The largest absolute Gasteiger partial charge is 0.0987 e. The highest BCUT2D eigenvalue weighted by Crippen LogP contribution is 2.74. The molecular formula is C15H24. The van der Waals surface area contributed by atoms with Crippen LogP contribution in [0.25, 0.3) is 0 Å². The summed E-state index contributed by atoms with van der Waals surface area (Å²) in [5.74, 6) is 0.963.